The van der Waals surface area contributed by atoms with Crippen molar-refractivity contribution in [1.82, 2.24) is 19.7 Å². The number of carbonyl (C=O) groups excluding carboxylic acids is 2. The molecule has 186 valence electrons. The van der Waals surface area contributed by atoms with Gasteiger partial charge in [-0.15, -0.1) is 0 Å². The molecule has 0 aliphatic heterocycles. The molecular formula is C26H33ClN6O2. The van der Waals surface area contributed by atoms with Crippen LogP contribution in [0.2, 0.25) is 0 Å². The molecule has 1 atom stereocenters. The van der Waals surface area contributed by atoms with Crippen LogP contribution in [0, 0.1) is 0 Å². The number of pyridine rings is 1. The van der Waals surface area contributed by atoms with Crippen LogP contribution in [0.1, 0.15) is 41.5 Å². The van der Waals surface area contributed by atoms with Crippen molar-refractivity contribution in [2.24, 2.45) is 4.99 Å². The summed E-state index contributed by atoms with van der Waals surface area (Å²) in [6.07, 6.45) is 5.17. The maximum absolute atomic E-state index is 11.9. The normalized spacial score (nSPS) is 12.3. The van der Waals surface area contributed by atoms with Gasteiger partial charge in [0.25, 0.3) is 0 Å². The van der Waals surface area contributed by atoms with E-state index in [0.29, 0.717) is 24.7 Å². The van der Waals surface area contributed by atoms with Crippen molar-refractivity contribution in [3.63, 3.8) is 0 Å². The molecule has 0 radical (unpaired) electrons. The summed E-state index contributed by atoms with van der Waals surface area (Å²) >= 11 is 5.80. The minimum atomic E-state index is -0.478. The lowest BCUT2D eigenvalue weighted by molar-refractivity contribution is -0.136. The first-order valence-corrected chi connectivity index (χ1v) is 12.0. The number of Topliss-reactive ketones (excluding diaryl/α,β-unsaturated/α-hetero) is 1. The Morgan fingerprint density at radius 3 is 2.57 bits per heavy atom. The maximum Gasteiger partial charge on any atom is 0.220 e. The zero-order chi connectivity index (χ0) is 26.0. The van der Waals surface area contributed by atoms with Gasteiger partial charge < -0.3 is 10.2 Å². The molecule has 2 aromatic heterocycles. The minimum absolute atomic E-state index is 0.0607. The van der Waals surface area contributed by atoms with Crippen LogP contribution >= 0.6 is 11.6 Å². The number of nitrogens with one attached hydrogen (secondary N) is 1. The number of nitrogens with zero attached hydrogens (tertiary/aromatic N) is 5. The lowest BCUT2D eigenvalue weighted by Gasteiger charge is -2.25. The lowest BCUT2D eigenvalue weighted by Crippen LogP contribution is -2.42. The average Bonchev–Trinajstić information content (AvgIpc) is 3.24. The highest BCUT2D eigenvalue weighted by Gasteiger charge is 2.20. The number of amidine groups is 1. The number of aliphatic imine (C=N–C) groups is 1. The van der Waals surface area contributed by atoms with E-state index in [9.17, 15) is 9.59 Å². The first kappa shape index (κ1) is 27.7. The fraction of sp³-hybridized carbons (Fsp3) is 0.346. The summed E-state index contributed by atoms with van der Waals surface area (Å²) < 4.78 is 1.62. The molecule has 9 heteroatoms. The predicted molar refractivity (Wildman–Crippen MR) is 145 cm³/mol. The number of hydrogen-bond donors (Lipinski definition) is 1. The number of aromatic nitrogens is 3. The molecule has 2 heterocycles. The average molecular weight is 497 g/mol. The van der Waals surface area contributed by atoms with Crippen molar-refractivity contribution in [3.8, 4) is 11.1 Å². The van der Waals surface area contributed by atoms with Crippen molar-refractivity contribution >= 4 is 52.0 Å². The molecule has 0 saturated heterocycles. The van der Waals surface area contributed by atoms with E-state index in [1.54, 1.807) is 30.2 Å². The molecule has 3 rings (SSSR count). The van der Waals surface area contributed by atoms with Crippen molar-refractivity contribution in [1.29, 1.82) is 0 Å². The third-order valence-corrected chi connectivity index (χ3v) is 5.46. The highest BCUT2D eigenvalue weighted by Crippen LogP contribution is 2.30. The lowest BCUT2D eigenvalue weighted by atomic mass is 10.1. The second-order valence-corrected chi connectivity index (χ2v) is 7.89. The maximum atomic E-state index is 11.9. The predicted octanol–water partition coefficient (Wildman–Crippen LogP) is 5.45. The van der Waals surface area contributed by atoms with Gasteiger partial charge in [-0.3, -0.25) is 19.6 Å². The van der Waals surface area contributed by atoms with Crippen LogP contribution in [0.15, 0.2) is 53.3 Å². The van der Waals surface area contributed by atoms with Gasteiger partial charge in [0.2, 0.25) is 5.91 Å². The smallest absolute Gasteiger partial charge is 0.220 e. The Labute approximate surface area is 211 Å². The van der Waals surface area contributed by atoms with Crippen molar-refractivity contribution in [3.05, 3.63) is 48.3 Å². The number of halogens is 1. The van der Waals surface area contributed by atoms with Crippen LogP contribution in [0.4, 0.5) is 5.82 Å². The highest BCUT2D eigenvalue weighted by atomic mass is 35.5. The Morgan fingerprint density at radius 1 is 1.20 bits per heavy atom. The van der Waals surface area contributed by atoms with Crippen molar-refractivity contribution < 1.29 is 9.59 Å². The van der Waals surface area contributed by atoms with E-state index in [2.05, 4.69) is 26.5 Å². The SMILES string of the molecule is CC.CC(=O)C(C)N(CCN=C(C)Nc1c(-c2cnc3ccccc3c2)cnn1/C=C/Cl)C(C)=O. The van der Waals surface area contributed by atoms with Gasteiger partial charge in [-0.2, -0.15) is 5.10 Å². The van der Waals surface area contributed by atoms with E-state index in [4.69, 9.17) is 11.6 Å². The molecule has 0 fully saturated rings. The molecule has 1 N–H and O–H groups in total. The summed E-state index contributed by atoms with van der Waals surface area (Å²) in [6, 6.07) is 9.48. The van der Waals surface area contributed by atoms with Crippen LogP contribution in [0.5, 0.6) is 0 Å². The number of hydrogen-bond acceptors (Lipinski definition) is 5. The summed E-state index contributed by atoms with van der Waals surface area (Å²) in [6.45, 7) is 11.2. The third kappa shape index (κ3) is 7.23. The molecule has 8 nitrogen and oxygen atoms in total. The number of ketones is 1. The highest BCUT2D eigenvalue weighted by molar-refractivity contribution is 6.26. The molecule has 0 spiro atoms. The first-order chi connectivity index (χ1) is 16.8. The van der Waals surface area contributed by atoms with Gasteiger partial charge in [0.15, 0.2) is 5.78 Å². The molecule has 0 aliphatic rings. The van der Waals surface area contributed by atoms with Gasteiger partial charge >= 0.3 is 0 Å². The quantitative estimate of drug-likeness (QED) is 0.330. The Bertz CT molecular complexity index is 1220. The minimum Gasteiger partial charge on any atom is -0.331 e. The zero-order valence-electron chi connectivity index (χ0n) is 21.1. The van der Waals surface area contributed by atoms with Crippen molar-refractivity contribution in [2.45, 2.75) is 47.6 Å². The first-order valence-electron chi connectivity index (χ1n) is 11.6. The third-order valence-electron chi connectivity index (χ3n) is 5.34. The summed E-state index contributed by atoms with van der Waals surface area (Å²) in [5.41, 5.74) is 4.03. The topological polar surface area (TPSA) is 92.5 Å². The zero-order valence-corrected chi connectivity index (χ0v) is 21.9. The van der Waals surface area contributed by atoms with Gasteiger partial charge in [-0.25, -0.2) is 4.68 Å². The van der Waals surface area contributed by atoms with E-state index < -0.39 is 6.04 Å². The van der Waals surface area contributed by atoms with Crippen LogP contribution in [0.25, 0.3) is 28.2 Å². The van der Waals surface area contributed by atoms with Gasteiger partial charge in [0, 0.05) is 47.9 Å². The molecule has 1 aromatic carbocycles. The van der Waals surface area contributed by atoms with E-state index in [-0.39, 0.29) is 11.7 Å². The largest absolute Gasteiger partial charge is 0.331 e. The molecule has 0 saturated carbocycles. The van der Waals surface area contributed by atoms with Crippen LogP contribution in [-0.2, 0) is 9.59 Å². The Morgan fingerprint density at radius 2 is 1.91 bits per heavy atom. The van der Waals surface area contributed by atoms with E-state index >= 15 is 0 Å². The number of amides is 1. The van der Waals surface area contributed by atoms with Crippen LogP contribution in [0.3, 0.4) is 0 Å². The fourth-order valence-corrected chi connectivity index (χ4v) is 3.57. The van der Waals surface area contributed by atoms with Crippen molar-refractivity contribution in [2.75, 3.05) is 18.4 Å². The molecular weight excluding hydrogens is 464 g/mol. The molecule has 3 aromatic rings. The van der Waals surface area contributed by atoms with Gasteiger partial charge in [0.1, 0.15) is 5.82 Å². The Balaban J connectivity index is 0.00000210. The summed E-state index contributed by atoms with van der Waals surface area (Å²) in [4.78, 5) is 34.2. The molecule has 0 bridgehead atoms. The fourth-order valence-electron chi connectivity index (χ4n) is 3.46. The second-order valence-electron chi connectivity index (χ2n) is 7.63. The second kappa shape index (κ2) is 13.4. The molecule has 1 unspecified atom stereocenters. The van der Waals surface area contributed by atoms with Crippen LogP contribution < -0.4 is 5.32 Å². The number of rotatable bonds is 8. The summed E-state index contributed by atoms with van der Waals surface area (Å²) in [5, 5.41) is 8.71. The number of fused-ring (bicyclic) bond motifs is 1. The summed E-state index contributed by atoms with van der Waals surface area (Å²) in [5.74, 6) is 1.10. The van der Waals surface area contributed by atoms with Crippen LogP contribution in [-0.4, -0.2) is 56.3 Å². The van der Waals surface area contributed by atoms with E-state index in [0.717, 1.165) is 22.0 Å². The van der Waals surface area contributed by atoms with Gasteiger partial charge in [0.05, 0.1) is 30.1 Å². The monoisotopic (exact) mass is 496 g/mol. The number of anilines is 1. The summed E-state index contributed by atoms with van der Waals surface area (Å²) in [7, 11) is 0. The standard InChI is InChI=1S/C24H27ClN6O2.C2H6/c1-16(17(2)32)30(19(4)33)12-10-26-18(3)29-24-22(15-28-31(24)11-9-25)21-13-20-7-5-6-8-23(20)27-14-21;1-2/h5-9,11,13-16H,10,12H2,1-4H3,(H,26,29);1-2H3/b11-9+;. The van der Waals surface area contributed by atoms with E-state index in [1.165, 1.54) is 24.3 Å². The molecule has 0 aliphatic carbocycles. The van der Waals surface area contributed by atoms with Gasteiger partial charge in [-0.05, 0) is 32.9 Å². The Kier molecular flexibility index (Phi) is 10.6. The molecule has 35 heavy (non-hydrogen) atoms. The van der Waals surface area contributed by atoms with E-state index in [1.807, 2.05) is 45.0 Å². The number of carbonyl (C=O) groups is 2. The number of para-hydroxylation sites is 1. The number of benzene rings is 1. The Hall–Kier alpha value is -3.52. The van der Waals surface area contributed by atoms with Gasteiger partial charge in [-0.1, -0.05) is 43.6 Å². The molecule has 1 amide bonds.